The van der Waals surface area contributed by atoms with Gasteiger partial charge in [0.2, 0.25) is 5.78 Å². The summed E-state index contributed by atoms with van der Waals surface area (Å²) in [6.07, 6.45) is -1.13. The predicted octanol–water partition coefficient (Wildman–Crippen LogP) is 1.57. The van der Waals surface area contributed by atoms with Crippen LogP contribution in [0.1, 0.15) is 10.4 Å². The Morgan fingerprint density at radius 3 is 2.62 bits per heavy atom. The average molecular weight is 225 g/mol. The molecule has 84 valence electrons. The second-order valence-electron chi connectivity index (χ2n) is 3.28. The summed E-state index contributed by atoms with van der Waals surface area (Å²) in [6, 6.07) is 7.99. The van der Waals surface area contributed by atoms with E-state index in [4.69, 9.17) is 0 Å². The van der Waals surface area contributed by atoms with Crippen LogP contribution in [0.15, 0.2) is 35.4 Å². The zero-order chi connectivity index (χ0) is 11.5. The van der Waals surface area contributed by atoms with Crippen LogP contribution >= 0.6 is 0 Å². The van der Waals surface area contributed by atoms with Crippen LogP contribution in [0.5, 0.6) is 0 Å². The van der Waals surface area contributed by atoms with Crippen LogP contribution in [0.3, 0.4) is 0 Å². The number of benzene rings is 1. The lowest BCUT2D eigenvalue weighted by Crippen LogP contribution is -2.35. The summed E-state index contributed by atoms with van der Waals surface area (Å²) in [5.41, 5.74) is 0.238. The van der Waals surface area contributed by atoms with Crippen LogP contribution in [0, 0.1) is 0 Å². The SMILES string of the molecule is O=C(c1ccccc1)C(F)N1CN(F)C=N1. The molecular weight excluding hydrogens is 216 g/mol. The van der Waals surface area contributed by atoms with E-state index >= 15 is 0 Å². The summed E-state index contributed by atoms with van der Waals surface area (Å²) in [4.78, 5) is 11.6. The first-order valence-corrected chi connectivity index (χ1v) is 4.65. The first-order chi connectivity index (χ1) is 7.68. The molecule has 1 atom stereocenters. The molecule has 1 unspecified atom stereocenters. The molecule has 1 aliphatic heterocycles. The fourth-order valence-electron chi connectivity index (χ4n) is 1.34. The molecule has 16 heavy (non-hydrogen) atoms. The van der Waals surface area contributed by atoms with Gasteiger partial charge in [0.15, 0.2) is 0 Å². The van der Waals surface area contributed by atoms with Gasteiger partial charge < -0.3 is 0 Å². The molecule has 6 heteroatoms. The normalized spacial score (nSPS) is 16.6. The highest BCUT2D eigenvalue weighted by Crippen LogP contribution is 2.14. The summed E-state index contributed by atoms with van der Waals surface area (Å²) < 4.78 is 26.2. The Labute approximate surface area is 90.7 Å². The monoisotopic (exact) mass is 225 g/mol. The second kappa shape index (κ2) is 4.26. The minimum absolute atomic E-state index is 0.199. The van der Waals surface area contributed by atoms with Crippen molar-refractivity contribution < 1.29 is 13.7 Å². The van der Waals surface area contributed by atoms with Gasteiger partial charge in [-0.1, -0.05) is 34.8 Å². The van der Waals surface area contributed by atoms with Crippen LogP contribution in [0.25, 0.3) is 0 Å². The Bertz CT molecular complexity index is 410. The van der Waals surface area contributed by atoms with E-state index < -0.39 is 12.1 Å². The standard InChI is InChI=1S/C10H9F2N3O/c11-10(15-7-14(12)6-13-15)9(16)8-4-2-1-3-5-8/h1-6,10H,7H2. The molecule has 0 saturated heterocycles. The Morgan fingerprint density at radius 2 is 2.06 bits per heavy atom. The fraction of sp³-hybridized carbons (Fsp3) is 0.200. The molecule has 1 aromatic carbocycles. The van der Waals surface area contributed by atoms with Crippen LogP contribution in [-0.2, 0) is 0 Å². The molecule has 1 aliphatic rings. The van der Waals surface area contributed by atoms with Gasteiger partial charge in [-0.3, -0.25) is 4.79 Å². The molecule has 0 fully saturated rings. The lowest BCUT2D eigenvalue weighted by molar-refractivity contribution is 0.0180. The van der Waals surface area contributed by atoms with Crippen molar-refractivity contribution in [2.24, 2.45) is 5.10 Å². The zero-order valence-corrected chi connectivity index (χ0v) is 8.25. The molecule has 0 amide bonds. The van der Waals surface area contributed by atoms with Crippen molar-refractivity contribution in [1.29, 1.82) is 0 Å². The Balaban J connectivity index is 2.08. The maximum atomic E-state index is 13.6. The maximum absolute atomic E-state index is 13.6. The van der Waals surface area contributed by atoms with Crippen molar-refractivity contribution in [2.45, 2.75) is 6.30 Å². The van der Waals surface area contributed by atoms with Crippen molar-refractivity contribution in [3.05, 3.63) is 35.9 Å². The number of ketones is 1. The van der Waals surface area contributed by atoms with Gasteiger partial charge in [0.25, 0.3) is 6.30 Å². The lowest BCUT2D eigenvalue weighted by Gasteiger charge is -2.17. The van der Waals surface area contributed by atoms with Gasteiger partial charge in [-0.05, 0) is 0 Å². The summed E-state index contributed by atoms with van der Waals surface area (Å²) in [5, 5.41) is 4.37. The molecule has 1 aromatic rings. The van der Waals surface area contributed by atoms with Crippen molar-refractivity contribution in [3.8, 4) is 0 Å². The van der Waals surface area contributed by atoms with E-state index in [9.17, 15) is 13.7 Å². The molecule has 4 nitrogen and oxygen atoms in total. The van der Waals surface area contributed by atoms with E-state index in [0.717, 1.165) is 11.3 Å². The number of nitrogens with zero attached hydrogens (tertiary/aromatic N) is 3. The molecule has 0 aliphatic carbocycles. The molecular formula is C10H9F2N3O. The van der Waals surface area contributed by atoms with Gasteiger partial charge >= 0.3 is 0 Å². The number of hydrogen-bond donors (Lipinski definition) is 0. The smallest absolute Gasteiger partial charge is 0.252 e. The van der Waals surface area contributed by atoms with E-state index in [2.05, 4.69) is 5.10 Å². The van der Waals surface area contributed by atoms with Crippen LogP contribution in [-0.4, -0.2) is 35.2 Å². The number of Topliss-reactive ketones (excluding diaryl/α,β-unsaturated/α-hetero) is 1. The van der Waals surface area contributed by atoms with E-state index in [-0.39, 0.29) is 17.4 Å². The third-order valence-corrected chi connectivity index (χ3v) is 2.14. The van der Waals surface area contributed by atoms with Crippen molar-refractivity contribution in [3.63, 3.8) is 0 Å². The van der Waals surface area contributed by atoms with E-state index in [1.54, 1.807) is 18.2 Å². The van der Waals surface area contributed by atoms with E-state index in [1.165, 1.54) is 12.1 Å². The number of halogens is 2. The number of carbonyl (C=O) groups excluding carboxylic acids is 1. The quantitative estimate of drug-likeness (QED) is 0.445. The molecule has 0 saturated carbocycles. The molecule has 0 aromatic heterocycles. The van der Waals surface area contributed by atoms with Gasteiger partial charge in [0.1, 0.15) is 13.0 Å². The van der Waals surface area contributed by atoms with Crippen molar-refractivity contribution >= 4 is 12.1 Å². The van der Waals surface area contributed by atoms with E-state index in [1.807, 2.05) is 0 Å². The summed E-state index contributed by atoms with van der Waals surface area (Å²) in [6.45, 7) is -0.375. The van der Waals surface area contributed by atoms with Crippen LogP contribution < -0.4 is 0 Å². The molecule has 2 rings (SSSR count). The first kappa shape index (κ1) is 10.5. The second-order valence-corrected chi connectivity index (χ2v) is 3.28. The summed E-state index contributed by atoms with van der Waals surface area (Å²) >= 11 is 0. The Hall–Kier alpha value is -1.98. The van der Waals surface area contributed by atoms with E-state index in [0.29, 0.717) is 0 Å². The van der Waals surface area contributed by atoms with Crippen molar-refractivity contribution in [1.82, 2.24) is 10.1 Å². The molecule has 0 spiro atoms. The molecule has 0 radical (unpaired) electrons. The number of carbonyl (C=O) groups is 1. The predicted molar refractivity (Wildman–Crippen MR) is 53.8 cm³/mol. The highest BCUT2D eigenvalue weighted by Gasteiger charge is 2.29. The minimum Gasteiger partial charge on any atom is -0.289 e. The number of hydrazone groups is 1. The van der Waals surface area contributed by atoms with Gasteiger partial charge in [-0.2, -0.15) is 10.2 Å². The Morgan fingerprint density at radius 1 is 1.38 bits per heavy atom. The topological polar surface area (TPSA) is 35.9 Å². The largest absolute Gasteiger partial charge is 0.289 e. The first-order valence-electron chi connectivity index (χ1n) is 4.65. The average Bonchev–Trinajstić information content (AvgIpc) is 2.75. The maximum Gasteiger partial charge on any atom is 0.252 e. The van der Waals surface area contributed by atoms with Gasteiger partial charge in [0, 0.05) is 5.56 Å². The van der Waals surface area contributed by atoms with Crippen molar-refractivity contribution in [2.75, 3.05) is 6.67 Å². The third kappa shape index (κ3) is 2.00. The minimum atomic E-state index is -1.96. The lowest BCUT2D eigenvalue weighted by atomic mass is 10.1. The highest BCUT2D eigenvalue weighted by atomic mass is 19.2. The third-order valence-electron chi connectivity index (χ3n) is 2.14. The van der Waals surface area contributed by atoms with Crippen LogP contribution in [0.2, 0.25) is 0 Å². The molecule has 0 N–H and O–H groups in total. The molecule has 1 heterocycles. The number of rotatable bonds is 3. The fourth-order valence-corrected chi connectivity index (χ4v) is 1.34. The zero-order valence-electron chi connectivity index (χ0n) is 8.25. The van der Waals surface area contributed by atoms with Gasteiger partial charge in [-0.25, -0.2) is 9.40 Å². The number of hydrogen-bond acceptors (Lipinski definition) is 4. The Kier molecular flexibility index (Phi) is 2.80. The van der Waals surface area contributed by atoms with Gasteiger partial charge in [0.05, 0.1) is 0 Å². The van der Waals surface area contributed by atoms with Gasteiger partial charge in [-0.15, -0.1) is 0 Å². The summed E-state index contributed by atoms with van der Waals surface area (Å²) in [7, 11) is 0. The molecule has 0 bridgehead atoms. The highest BCUT2D eigenvalue weighted by molar-refractivity contribution is 5.99. The van der Waals surface area contributed by atoms with Crippen LogP contribution in [0.4, 0.5) is 8.87 Å². The summed E-state index contributed by atoms with van der Waals surface area (Å²) in [5.74, 6) is -0.729. The number of alkyl halides is 1.